The molecule has 3 heterocycles. The molecule has 3 aromatic heterocycles. The molecule has 4 aromatic rings. The minimum absolute atomic E-state index is 0.0566. The molecular weight excluding hydrogens is 384 g/mol. The van der Waals surface area contributed by atoms with Crippen LogP contribution < -0.4 is 5.56 Å². The minimum atomic E-state index is -0.697. The summed E-state index contributed by atoms with van der Waals surface area (Å²) in [5, 5.41) is 21.2. The van der Waals surface area contributed by atoms with Gasteiger partial charge in [0.1, 0.15) is 23.0 Å². The first kappa shape index (κ1) is 19.3. The third-order valence-electron chi connectivity index (χ3n) is 5.22. The van der Waals surface area contributed by atoms with E-state index in [0.29, 0.717) is 16.9 Å². The van der Waals surface area contributed by atoms with Gasteiger partial charge in [-0.2, -0.15) is 5.26 Å². The minimum Gasteiger partial charge on any atom is -0.494 e. The molecule has 0 aliphatic heterocycles. The topological polar surface area (TPSA) is 109 Å². The van der Waals surface area contributed by atoms with Crippen LogP contribution in [0.2, 0.25) is 0 Å². The second-order valence-corrected chi connectivity index (χ2v) is 7.17. The Kier molecular flexibility index (Phi) is 4.55. The number of rotatable bonds is 4. The largest absolute Gasteiger partial charge is 0.494 e. The molecule has 0 radical (unpaired) electrons. The van der Waals surface area contributed by atoms with Crippen LogP contribution in [0, 0.1) is 32.1 Å². The van der Waals surface area contributed by atoms with Crippen molar-refractivity contribution in [3.63, 3.8) is 0 Å². The van der Waals surface area contributed by atoms with E-state index in [9.17, 15) is 20.0 Å². The van der Waals surface area contributed by atoms with Crippen LogP contribution in [-0.4, -0.2) is 15.5 Å². The Morgan fingerprint density at radius 1 is 1.20 bits per heavy atom. The number of fused-ring (bicyclic) bond motifs is 1. The predicted octanol–water partition coefficient (Wildman–Crippen LogP) is 3.97. The van der Waals surface area contributed by atoms with E-state index >= 15 is 0 Å². The van der Waals surface area contributed by atoms with Crippen molar-refractivity contribution >= 4 is 16.8 Å². The lowest BCUT2D eigenvalue weighted by atomic mass is 9.98. The summed E-state index contributed by atoms with van der Waals surface area (Å²) >= 11 is 0. The van der Waals surface area contributed by atoms with E-state index in [2.05, 4.69) is 0 Å². The first-order valence-electron chi connectivity index (χ1n) is 9.26. The Morgan fingerprint density at radius 3 is 2.63 bits per heavy atom. The van der Waals surface area contributed by atoms with Crippen molar-refractivity contribution in [3.05, 3.63) is 86.3 Å². The Morgan fingerprint density at radius 2 is 1.97 bits per heavy atom. The number of hydrogen-bond acceptors (Lipinski definition) is 6. The monoisotopic (exact) mass is 402 g/mol. The van der Waals surface area contributed by atoms with Crippen LogP contribution in [0.25, 0.3) is 11.0 Å². The zero-order chi connectivity index (χ0) is 21.6. The molecule has 0 saturated carbocycles. The summed E-state index contributed by atoms with van der Waals surface area (Å²) in [6, 6.07) is 10.7. The highest BCUT2D eigenvalue weighted by molar-refractivity contribution is 6.12. The maximum Gasteiger partial charge on any atom is 0.271 e. The summed E-state index contributed by atoms with van der Waals surface area (Å²) in [6.45, 7) is 5.01. The molecule has 7 heteroatoms. The fourth-order valence-corrected chi connectivity index (χ4v) is 3.59. The second kappa shape index (κ2) is 7.08. The number of carbonyl (C=O) groups is 1. The molecule has 0 fully saturated rings. The molecule has 1 aromatic carbocycles. The lowest BCUT2D eigenvalue weighted by Gasteiger charge is -2.14. The molecular formula is C23H18N2O5. The van der Waals surface area contributed by atoms with E-state index in [1.165, 1.54) is 13.2 Å². The van der Waals surface area contributed by atoms with Crippen molar-refractivity contribution in [2.75, 3.05) is 0 Å². The standard InChI is InChI=1S/C23H18N2O5/c1-12-6-7-16-14(3)21(30-18(16)9-12)20(26)19-13(2)17(10-24)22(27)25(23(19)28)11-15-5-4-8-29-15/h4-9,28H,11H2,1-3H3. The van der Waals surface area contributed by atoms with E-state index < -0.39 is 17.2 Å². The average molecular weight is 402 g/mol. The molecule has 0 amide bonds. The molecule has 0 bridgehead atoms. The second-order valence-electron chi connectivity index (χ2n) is 7.17. The summed E-state index contributed by atoms with van der Waals surface area (Å²) in [6.07, 6.45) is 1.43. The van der Waals surface area contributed by atoms with Crippen LogP contribution in [0.4, 0.5) is 0 Å². The van der Waals surface area contributed by atoms with Crippen LogP contribution >= 0.6 is 0 Å². The Hall–Kier alpha value is -4.05. The van der Waals surface area contributed by atoms with Crippen molar-refractivity contribution in [3.8, 4) is 11.9 Å². The first-order valence-corrected chi connectivity index (χ1v) is 9.26. The number of aromatic hydroxyl groups is 1. The average Bonchev–Trinajstić information content (AvgIpc) is 3.33. The number of pyridine rings is 1. The Labute approximate surface area is 171 Å². The molecule has 0 spiro atoms. The summed E-state index contributed by atoms with van der Waals surface area (Å²) in [5.74, 6) is -0.676. The molecule has 0 unspecified atom stereocenters. The van der Waals surface area contributed by atoms with E-state index in [-0.39, 0.29) is 29.0 Å². The highest BCUT2D eigenvalue weighted by atomic mass is 16.3. The Balaban J connectivity index is 1.94. The summed E-state index contributed by atoms with van der Waals surface area (Å²) in [7, 11) is 0. The van der Waals surface area contributed by atoms with Crippen LogP contribution in [0.5, 0.6) is 5.88 Å². The van der Waals surface area contributed by atoms with Gasteiger partial charge in [-0.3, -0.25) is 14.2 Å². The van der Waals surface area contributed by atoms with Gasteiger partial charge in [0.25, 0.3) is 5.56 Å². The number of aromatic nitrogens is 1. The van der Waals surface area contributed by atoms with Gasteiger partial charge < -0.3 is 13.9 Å². The molecule has 0 saturated heterocycles. The molecule has 150 valence electrons. The van der Waals surface area contributed by atoms with Gasteiger partial charge >= 0.3 is 0 Å². The molecule has 1 N–H and O–H groups in total. The lowest BCUT2D eigenvalue weighted by molar-refractivity contribution is 0.100. The predicted molar refractivity (Wildman–Crippen MR) is 109 cm³/mol. The zero-order valence-corrected chi connectivity index (χ0v) is 16.6. The smallest absolute Gasteiger partial charge is 0.271 e. The summed E-state index contributed by atoms with van der Waals surface area (Å²) in [4.78, 5) is 26.1. The van der Waals surface area contributed by atoms with Gasteiger partial charge in [0, 0.05) is 10.9 Å². The number of ketones is 1. The van der Waals surface area contributed by atoms with Gasteiger partial charge in [0.05, 0.1) is 18.4 Å². The van der Waals surface area contributed by atoms with Crippen molar-refractivity contribution in [1.82, 2.24) is 4.57 Å². The van der Waals surface area contributed by atoms with Crippen LogP contribution in [0.15, 0.2) is 50.2 Å². The fraction of sp³-hybridized carbons (Fsp3) is 0.174. The molecule has 30 heavy (non-hydrogen) atoms. The Bertz CT molecular complexity index is 1400. The number of furan rings is 2. The van der Waals surface area contributed by atoms with Crippen LogP contribution in [0.1, 0.15) is 44.1 Å². The van der Waals surface area contributed by atoms with Crippen molar-refractivity contribution in [1.29, 1.82) is 5.26 Å². The molecule has 4 rings (SSSR count). The maximum absolute atomic E-state index is 13.4. The van der Waals surface area contributed by atoms with Crippen molar-refractivity contribution in [2.45, 2.75) is 27.3 Å². The molecule has 0 aliphatic rings. The lowest BCUT2D eigenvalue weighted by Crippen LogP contribution is -2.27. The van der Waals surface area contributed by atoms with Gasteiger partial charge in [0.2, 0.25) is 11.7 Å². The van der Waals surface area contributed by atoms with Gasteiger partial charge in [-0.05, 0) is 50.1 Å². The van der Waals surface area contributed by atoms with E-state index in [1.54, 1.807) is 19.1 Å². The molecule has 7 nitrogen and oxygen atoms in total. The summed E-state index contributed by atoms with van der Waals surface area (Å²) < 4.78 is 12.0. The zero-order valence-electron chi connectivity index (χ0n) is 16.6. The first-order chi connectivity index (χ1) is 14.3. The van der Waals surface area contributed by atoms with Gasteiger partial charge in [-0.1, -0.05) is 12.1 Å². The third kappa shape index (κ3) is 2.90. The number of aryl methyl sites for hydroxylation is 2. The number of hydrogen-bond donors (Lipinski definition) is 1. The number of nitrogens with zero attached hydrogens (tertiary/aromatic N) is 2. The van der Waals surface area contributed by atoms with Crippen LogP contribution in [0.3, 0.4) is 0 Å². The van der Waals surface area contributed by atoms with E-state index in [4.69, 9.17) is 8.83 Å². The quantitative estimate of drug-likeness (QED) is 0.517. The number of nitriles is 1. The van der Waals surface area contributed by atoms with E-state index in [0.717, 1.165) is 15.5 Å². The van der Waals surface area contributed by atoms with Crippen LogP contribution in [-0.2, 0) is 6.54 Å². The van der Waals surface area contributed by atoms with Gasteiger partial charge in [-0.25, -0.2) is 0 Å². The van der Waals surface area contributed by atoms with Crippen molar-refractivity contribution < 1.29 is 18.7 Å². The van der Waals surface area contributed by atoms with Crippen molar-refractivity contribution in [2.24, 2.45) is 0 Å². The highest BCUT2D eigenvalue weighted by Gasteiger charge is 2.28. The van der Waals surface area contributed by atoms with Gasteiger partial charge in [0.15, 0.2) is 5.76 Å². The number of carbonyl (C=O) groups excluding carboxylic acids is 1. The third-order valence-corrected chi connectivity index (χ3v) is 5.22. The maximum atomic E-state index is 13.4. The SMILES string of the molecule is Cc1ccc2c(C)c(C(=O)c3c(C)c(C#N)c(=O)n(Cc4ccco4)c3O)oc2c1. The van der Waals surface area contributed by atoms with Gasteiger partial charge in [-0.15, -0.1) is 0 Å². The highest BCUT2D eigenvalue weighted by Crippen LogP contribution is 2.31. The molecule has 0 atom stereocenters. The molecule has 0 aliphatic carbocycles. The normalized spacial score (nSPS) is 11.0. The number of benzene rings is 1. The van der Waals surface area contributed by atoms with E-state index in [1.807, 2.05) is 31.2 Å². The summed E-state index contributed by atoms with van der Waals surface area (Å²) in [5.41, 5.74) is 1.21. The fourth-order valence-electron chi connectivity index (χ4n) is 3.59.